The maximum Gasteiger partial charge on any atom is 0.219 e. The summed E-state index contributed by atoms with van der Waals surface area (Å²) in [7, 11) is 0. The lowest BCUT2D eigenvalue weighted by Crippen LogP contribution is -2.41. The van der Waals surface area contributed by atoms with E-state index in [0.29, 0.717) is 5.88 Å². The van der Waals surface area contributed by atoms with Crippen LogP contribution < -0.4 is 9.64 Å². The van der Waals surface area contributed by atoms with E-state index in [4.69, 9.17) is 4.74 Å². The van der Waals surface area contributed by atoms with E-state index < -0.39 is 0 Å². The summed E-state index contributed by atoms with van der Waals surface area (Å²) in [6.45, 7) is 7.54. The number of benzene rings is 1. The second-order valence-corrected chi connectivity index (χ2v) is 8.33. The minimum atomic E-state index is 0.651. The van der Waals surface area contributed by atoms with Gasteiger partial charge in [0.25, 0.3) is 0 Å². The third-order valence-electron chi connectivity index (χ3n) is 6.59. The van der Waals surface area contributed by atoms with Gasteiger partial charge in [-0.1, -0.05) is 19.1 Å². The summed E-state index contributed by atoms with van der Waals surface area (Å²) in [5.41, 5.74) is 5.19. The van der Waals surface area contributed by atoms with Gasteiger partial charge in [-0.3, -0.25) is 4.90 Å². The van der Waals surface area contributed by atoms with E-state index >= 15 is 0 Å². The van der Waals surface area contributed by atoms with Crippen LogP contribution in [0.5, 0.6) is 11.6 Å². The molecule has 1 saturated heterocycles. The Morgan fingerprint density at radius 2 is 1.79 bits per heavy atom. The summed E-state index contributed by atoms with van der Waals surface area (Å²) >= 11 is 0. The van der Waals surface area contributed by atoms with Crippen LogP contribution in [0.25, 0.3) is 0 Å². The molecule has 2 aliphatic heterocycles. The third kappa shape index (κ3) is 3.53. The molecule has 1 aliphatic carbocycles. The van der Waals surface area contributed by atoms with Crippen molar-refractivity contribution in [3.63, 3.8) is 0 Å². The summed E-state index contributed by atoms with van der Waals surface area (Å²) in [4.78, 5) is 9.46. The van der Waals surface area contributed by atoms with E-state index in [1.807, 2.05) is 12.3 Å². The van der Waals surface area contributed by atoms with Crippen molar-refractivity contribution in [2.75, 3.05) is 24.5 Å². The van der Waals surface area contributed by atoms with Crippen LogP contribution in [-0.2, 0) is 12.8 Å². The molecule has 0 bridgehead atoms. The van der Waals surface area contributed by atoms with Crippen LogP contribution in [0.1, 0.15) is 43.2 Å². The average molecular weight is 376 g/mol. The molecule has 1 aromatic heterocycles. The van der Waals surface area contributed by atoms with Crippen molar-refractivity contribution in [2.45, 2.75) is 51.0 Å². The Hall–Kier alpha value is -2.33. The van der Waals surface area contributed by atoms with Crippen LogP contribution in [0.3, 0.4) is 0 Å². The highest BCUT2D eigenvalue weighted by Crippen LogP contribution is 2.31. The third-order valence-corrected chi connectivity index (χ3v) is 6.59. The molecule has 2 fully saturated rings. The van der Waals surface area contributed by atoms with Gasteiger partial charge in [-0.25, -0.2) is 4.98 Å². The lowest BCUT2D eigenvalue weighted by Gasteiger charge is -2.36. The topological polar surface area (TPSA) is 28.6 Å². The molecule has 146 valence electrons. The van der Waals surface area contributed by atoms with Crippen molar-refractivity contribution in [1.29, 1.82) is 0 Å². The van der Waals surface area contributed by atoms with Gasteiger partial charge < -0.3 is 9.64 Å². The first-order valence-corrected chi connectivity index (χ1v) is 10.7. The van der Waals surface area contributed by atoms with Crippen LogP contribution in [0.4, 0.5) is 5.69 Å². The Labute approximate surface area is 167 Å². The molecular weight excluding hydrogens is 346 g/mol. The fourth-order valence-electron chi connectivity index (χ4n) is 4.66. The predicted molar refractivity (Wildman–Crippen MR) is 113 cm³/mol. The summed E-state index contributed by atoms with van der Waals surface area (Å²) in [6.07, 6.45) is 10.6. The van der Waals surface area contributed by atoms with Gasteiger partial charge in [-0.2, -0.15) is 0 Å². The number of allylic oxidation sites excluding steroid dienone is 1. The largest absolute Gasteiger partial charge is 0.439 e. The highest BCUT2D eigenvalue weighted by Gasteiger charge is 2.26. The minimum absolute atomic E-state index is 0.651. The van der Waals surface area contributed by atoms with Crippen molar-refractivity contribution in [3.05, 3.63) is 59.9 Å². The monoisotopic (exact) mass is 375 g/mol. The molecule has 0 amide bonds. The van der Waals surface area contributed by atoms with E-state index in [1.54, 1.807) is 0 Å². The van der Waals surface area contributed by atoms with E-state index in [1.165, 1.54) is 55.6 Å². The maximum atomic E-state index is 6.07. The molecule has 28 heavy (non-hydrogen) atoms. The number of hydrogen-bond donors (Lipinski definition) is 0. The van der Waals surface area contributed by atoms with Gasteiger partial charge in [-0.15, -0.1) is 0 Å². The molecule has 0 unspecified atom stereocenters. The predicted octanol–water partition coefficient (Wildman–Crippen LogP) is 4.94. The first kappa shape index (κ1) is 17.7. The molecule has 2 aromatic rings. The number of hydrogen-bond acceptors (Lipinski definition) is 4. The standard InChI is InChI=1S/C24H29N3O/c1-18-4-3-13-27(18)22-8-10-24(25-17-22)28-23-9-7-19-11-14-26(21-5-2-6-21)15-12-20(19)16-23/h7-10,16-17,21H,1-6,11-15H2. The Bertz CT molecular complexity index is 857. The van der Waals surface area contributed by atoms with Crippen LogP contribution >= 0.6 is 0 Å². The Balaban J connectivity index is 1.26. The van der Waals surface area contributed by atoms with Gasteiger partial charge in [0.15, 0.2) is 0 Å². The Kier molecular flexibility index (Phi) is 4.81. The number of rotatable bonds is 4. The highest BCUT2D eigenvalue weighted by molar-refractivity contribution is 5.52. The molecule has 0 radical (unpaired) electrons. The number of aromatic nitrogens is 1. The number of anilines is 1. The zero-order valence-electron chi connectivity index (χ0n) is 16.6. The molecule has 1 saturated carbocycles. The first-order valence-electron chi connectivity index (χ1n) is 10.7. The van der Waals surface area contributed by atoms with E-state index in [0.717, 1.165) is 43.3 Å². The average Bonchev–Trinajstić information content (AvgIpc) is 2.99. The van der Waals surface area contributed by atoms with Crippen molar-refractivity contribution in [1.82, 2.24) is 9.88 Å². The van der Waals surface area contributed by atoms with Crippen LogP contribution in [0.15, 0.2) is 48.8 Å². The van der Waals surface area contributed by atoms with Crippen molar-refractivity contribution >= 4 is 5.69 Å². The number of fused-ring (bicyclic) bond motifs is 1. The van der Waals surface area contributed by atoms with Crippen LogP contribution in [0, 0.1) is 0 Å². The van der Waals surface area contributed by atoms with Crippen molar-refractivity contribution in [3.8, 4) is 11.6 Å². The molecule has 3 heterocycles. The van der Waals surface area contributed by atoms with Crippen molar-refractivity contribution in [2.24, 2.45) is 0 Å². The van der Waals surface area contributed by atoms with Crippen LogP contribution in [-0.4, -0.2) is 35.6 Å². The SMILES string of the molecule is C=C1CCCN1c1ccc(Oc2ccc3c(c2)CCN(C2CCC2)CC3)nc1. The number of nitrogens with zero attached hydrogens (tertiary/aromatic N) is 3. The summed E-state index contributed by atoms with van der Waals surface area (Å²) < 4.78 is 6.07. The van der Waals surface area contributed by atoms with E-state index in [2.05, 4.69) is 45.6 Å². The van der Waals surface area contributed by atoms with Gasteiger partial charge in [0, 0.05) is 37.4 Å². The van der Waals surface area contributed by atoms with Gasteiger partial charge in [0.1, 0.15) is 5.75 Å². The molecular formula is C24H29N3O. The van der Waals surface area contributed by atoms with Gasteiger partial charge in [0.05, 0.1) is 11.9 Å². The number of pyridine rings is 1. The summed E-state index contributed by atoms with van der Waals surface area (Å²) in [6, 6.07) is 11.4. The quantitative estimate of drug-likeness (QED) is 0.757. The number of ether oxygens (including phenoxy) is 1. The fourth-order valence-corrected chi connectivity index (χ4v) is 4.66. The lowest BCUT2D eigenvalue weighted by molar-refractivity contribution is 0.133. The Morgan fingerprint density at radius 1 is 0.929 bits per heavy atom. The second kappa shape index (κ2) is 7.59. The Morgan fingerprint density at radius 3 is 2.46 bits per heavy atom. The molecule has 4 heteroatoms. The molecule has 0 spiro atoms. The van der Waals surface area contributed by atoms with Gasteiger partial charge in [0.2, 0.25) is 5.88 Å². The maximum absolute atomic E-state index is 6.07. The van der Waals surface area contributed by atoms with Gasteiger partial charge in [-0.05, 0) is 67.9 Å². The normalized spacial score (nSPS) is 20.6. The molecule has 1 aromatic carbocycles. The highest BCUT2D eigenvalue weighted by atomic mass is 16.5. The zero-order valence-corrected chi connectivity index (χ0v) is 16.6. The molecule has 4 nitrogen and oxygen atoms in total. The lowest BCUT2D eigenvalue weighted by atomic mass is 9.91. The fraction of sp³-hybridized carbons (Fsp3) is 0.458. The molecule has 0 atom stereocenters. The smallest absolute Gasteiger partial charge is 0.219 e. The second-order valence-electron chi connectivity index (χ2n) is 8.33. The summed E-state index contributed by atoms with van der Waals surface area (Å²) in [5.74, 6) is 1.54. The minimum Gasteiger partial charge on any atom is -0.439 e. The summed E-state index contributed by atoms with van der Waals surface area (Å²) in [5, 5.41) is 0. The first-order chi connectivity index (χ1) is 13.8. The van der Waals surface area contributed by atoms with E-state index in [9.17, 15) is 0 Å². The zero-order chi connectivity index (χ0) is 18.9. The molecule has 3 aliphatic rings. The van der Waals surface area contributed by atoms with E-state index in [-0.39, 0.29) is 0 Å². The van der Waals surface area contributed by atoms with Crippen molar-refractivity contribution < 1.29 is 4.74 Å². The molecule has 5 rings (SSSR count). The molecule has 0 N–H and O–H groups in total. The van der Waals surface area contributed by atoms with Crippen LogP contribution in [0.2, 0.25) is 0 Å². The van der Waals surface area contributed by atoms with Gasteiger partial charge >= 0.3 is 0 Å².